The maximum atomic E-state index is 13.0. The molecule has 6 nitrogen and oxygen atoms in total. The molecule has 0 aliphatic carbocycles. The zero-order chi connectivity index (χ0) is 21.8. The molecule has 0 fully saturated rings. The number of carbonyl (C=O) groups is 2. The lowest BCUT2D eigenvalue weighted by Crippen LogP contribution is -2.41. The Bertz CT molecular complexity index is 1160. The highest BCUT2D eigenvalue weighted by atomic mass is 35.5. The van der Waals surface area contributed by atoms with Crippen LogP contribution < -0.4 is 10.2 Å². The summed E-state index contributed by atoms with van der Waals surface area (Å²) in [5.74, 6) is -0.682. The lowest BCUT2D eigenvalue weighted by molar-refractivity contribution is -0.123. The normalized spacial score (nSPS) is 13.3. The summed E-state index contributed by atoms with van der Waals surface area (Å²) in [6, 6.07) is 16.4. The number of carbonyl (C=O) groups excluding carboxylic acids is 2. The smallest absolute Gasteiger partial charge is 0.240 e. The van der Waals surface area contributed by atoms with Crippen molar-refractivity contribution in [2.75, 3.05) is 11.4 Å². The van der Waals surface area contributed by atoms with E-state index in [0.29, 0.717) is 22.2 Å². The molecule has 156 valence electrons. The Hall–Kier alpha value is -3.58. The van der Waals surface area contributed by atoms with Crippen molar-refractivity contribution >= 4 is 40.6 Å². The first-order valence-electron chi connectivity index (χ1n) is 9.59. The van der Waals surface area contributed by atoms with Gasteiger partial charge in [0.25, 0.3) is 0 Å². The zero-order valence-electron chi connectivity index (χ0n) is 16.4. The van der Waals surface area contributed by atoms with Crippen molar-refractivity contribution < 1.29 is 14.0 Å². The van der Waals surface area contributed by atoms with Crippen molar-refractivity contribution in [2.24, 2.45) is 4.99 Å². The van der Waals surface area contributed by atoms with Crippen LogP contribution in [0.15, 0.2) is 71.9 Å². The average molecular weight is 437 g/mol. The molecule has 0 atom stereocenters. The molecule has 1 aliphatic rings. The highest BCUT2D eigenvalue weighted by Crippen LogP contribution is 2.31. The summed E-state index contributed by atoms with van der Waals surface area (Å²) in [5, 5.41) is 3.29. The summed E-state index contributed by atoms with van der Waals surface area (Å²) in [5.41, 5.74) is 2.53. The average Bonchev–Trinajstić information content (AvgIpc) is 2.90. The van der Waals surface area contributed by atoms with E-state index >= 15 is 0 Å². The number of amides is 2. The molecule has 0 spiro atoms. The molecule has 0 saturated carbocycles. The Labute approximate surface area is 183 Å². The maximum absolute atomic E-state index is 13.0. The second-order valence-corrected chi connectivity index (χ2v) is 7.41. The molecule has 0 radical (unpaired) electrons. The standard InChI is InChI=1S/C23H18ClFN4O2/c24-17-4-1-3-16(11-17)20-12-22(31)29(23-19(28-20)5-2-10-26-23)14-21(30)27-13-15-6-8-18(25)9-7-15/h1-11H,12-14H2,(H,27,30). The number of anilines is 1. The second kappa shape index (κ2) is 9.06. The molecule has 3 aromatic rings. The summed E-state index contributed by atoms with van der Waals surface area (Å²) in [6.45, 7) is 0.0167. The predicted molar refractivity (Wildman–Crippen MR) is 117 cm³/mol. The first-order chi connectivity index (χ1) is 15.0. The third-order valence-electron chi connectivity index (χ3n) is 4.76. The van der Waals surface area contributed by atoms with Crippen molar-refractivity contribution in [3.05, 3.63) is 88.8 Å². The molecule has 2 amide bonds. The van der Waals surface area contributed by atoms with Gasteiger partial charge in [0.2, 0.25) is 11.8 Å². The molecule has 0 unspecified atom stereocenters. The van der Waals surface area contributed by atoms with Crippen molar-refractivity contribution in [3.63, 3.8) is 0 Å². The van der Waals surface area contributed by atoms with E-state index in [4.69, 9.17) is 11.6 Å². The summed E-state index contributed by atoms with van der Waals surface area (Å²) < 4.78 is 13.0. The molecular formula is C23H18ClFN4O2. The van der Waals surface area contributed by atoms with E-state index in [1.54, 1.807) is 48.7 Å². The molecule has 1 N–H and O–H groups in total. The number of halogens is 2. The van der Waals surface area contributed by atoms with E-state index in [2.05, 4.69) is 15.3 Å². The number of rotatable bonds is 5. The number of aromatic nitrogens is 1. The number of benzene rings is 2. The summed E-state index contributed by atoms with van der Waals surface area (Å²) >= 11 is 6.10. The fourth-order valence-corrected chi connectivity index (χ4v) is 3.42. The molecule has 2 heterocycles. The third-order valence-corrected chi connectivity index (χ3v) is 4.99. The van der Waals surface area contributed by atoms with E-state index in [-0.39, 0.29) is 37.1 Å². The van der Waals surface area contributed by atoms with Crippen LogP contribution in [0, 0.1) is 5.82 Å². The number of hydrogen-bond acceptors (Lipinski definition) is 4. The van der Waals surface area contributed by atoms with Gasteiger partial charge in [-0.2, -0.15) is 0 Å². The minimum absolute atomic E-state index is 0.00193. The van der Waals surface area contributed by atoms with Gasteiger partial charge in [0.1, 0.15) is 18.0 Å². The second-order valence-electron chi connectivity index (χ2n) is 6.97. The predicted octanol–water partition coefficient (Wildman–Crippen LogP) is 4.05. The van der Waals surface area contributed by atoms with Gasteiger partial charge < -0.3 is 5.32 Å². The van der Waals surface area contributed by atoms with Gasteiger partial charge in [-0.25, -0.2) is 14.4 Å². The number of nitrogens with zero attached hydrogens (tertiary/aromatic N) is 3. The van der Waals surface area contributed by atoms with Crippen molar-refractivity contribution in [1.29, 1.82) is 0 Å². The van der Waals surface area contributed by atoms with Crippen LogP contribution in [0.2, 0.25) is 5.02 Å². The summed E-state index contributed by atoms with van der Waals surface area (Å²) in [7, 11) is 0. The van der Waals surface area contributed by atoms with Gasteiger partial charge >= 0.3 is 0 Å². The molecule has 1 aromatic heterocycles. The highest BCUT2D eigenvalue weighted by Gasteiger charge is 2.27. The number of nitrogens with one attached hydrogen (secondary N) is 1. The van der Waals surface area contributed by atoms with Crippen molar-refractivity contribution in [3.8, 4) is 0 Å². The Morgan fingerprint density at radius 2 is 1.94 bits per heavy atom. The van der Waals surface area contributed by atoms with Crippen LogP contribution in [0.5, 0.6) is 0 Å². The van der Waals surface area contributed by atoms with Gasteiger partial charge in [-0.15, -0.1) is 0 Å². The largest absolute Gasteiger partial charge is 0.350 e. The van der Waals surface area contributed by atoms with Crippen LogP contribution in [0.4, 0.5) is 15.9 Å². The number of pyridine rings is 1. The number of fused-ring (bicyclic) bond motifs is 1. The molecule has 2 aromatic carbocycles. The van der Waals surface area contributed by atoms with Crippen LogP contribution >= 0.6 is 11.6 Å². The number of aliphatic imine (C=N–C) groups is 1. The quantitative estimate of drug-likeness (QED) is 0.655. The first kappa shape index (κ1) is 20.7. The fraction of sp³-hybridized carbons (Fsp3) is 0.130. The Morgan fingerprint density at radius 3 is 2.71 bits per heavy atom. The SMILES string of the molecule is O=C(CN1C(=O)CC(c2cccc(Cl)c2)=Nc2cccnc21)NCc1ccc(F)cc1. The maximum Gasteiger partial charge on any atom is 0.240 e. The lowest BCUT2D eigenvalue weighted by Gasteiger charge is -2.20. The van der Waals surface area contributed by atoms with Crippen LogP contribution in [0.25, 0.3) is 0 Å². The summed E-state index contributed by atoms with van der Waals surface area (Å²) in [6.07, 6.45) is 1.55. The van der Waals surface area contributed by atoms with E-state index in [1.807, 2.05) is 6.07 Å². The van der Waals surface area contributed by atoms with Gasteiger partial charge in [-0.3, -0.25) is 14.5 Å². The van der Waals surface area contributed by atoms with Gasteiger partial charge in [-0.05, 0) is 47.5 Å². The monoisotopic (exact) mass is 436 g/mol. The first-order valence-corrected chi connectivity index (χ1v) is 9.97. The van der Waals surface area contributed by atoms with Gasteiger partial charge in [-0.1, -0.05) is 35.9 Å². The minimum atomic E-state index is -0.361. The molecule has 31 heavy (non-hydrogen) atoms. The van der Waals surface area contributed by atoms with Crippen LogP contribution in [-0.4, -0.2) is 29.1 Å². The molecule has 0 saturated heterocycles. The Balaban J connectivity index is 1.54. The lowest BCUT2D eigenvalue weighted by atomic mass is 10.1. The summed E-state index contributed by atoms with van der Waals surface area (Å²) in [4.78, 5) is 35.8. The van der Waals surface area contributed by atoms with E-state index < -0.39 is 0 Å². The third kappa shape index (κ3) is 4.95. The van der Waals surface area contributed by atoms with E-state index in [1.165, 1.54) is 17.0 Å². The topological polar surface area (TPSA) is 74.7 Å². The van der Waals surface area contributed by atoms with Crippen molar-refractivity contribution in [2.45, 2.75) is 13.0 Å². The minimum Gasteiger partial charge on any atom is -0.350 e. The molecular weight excluding hydrogens is 419 g/mol. The van der Waals surface area contributed by atoms with Gasteiger partial charge in [0.15, 0.2) is 5.82 Å². The van der Waals surface area contributed by atoms with Gasteiger partial charge in [0, 0.05) is 17.8 Å². The van der Waals surface area contributed by atoms with Crippen LogP contribution in [0.3, 0.4) is 0 Å². The molecule has 1 aliphatic heterocycles. The van der Waals surface area contributed by atoms with Crippen LogP contribution in [0.1, 0.15) is 17.5 Å². The van der Waals surface area contributed by atoms with Crippen LogP contribution in [-0.2, 0) is 16.1 Å². The Kier molecular flexibility index (Phi) is 6.04. The molecule has 4 rings (SSSR count). The fourth-order valence-electron chi connectivity index (χ4n) is 3.23. The van der Waals surface area contributed by atoms with Crippen molar-refractivity contribution in [1.82, 2.24) is 10.3 Å². The van der Waals surface area contributed by atoms with E-state index in [9.17, 15) is 14.0 Å². The van der Waals surface area contributed by atoms with Gasteiger partial charge in [0.05, 0.1) is 12.1 Å². The molecule has 8 heteroatoms. The molecule has 0 bridgehead atoms. The number of hydrogen-bond donors (Lipinski definition) is 1. The van der Waals surface area contributed by atoms with E-state index in [0.717, 1.165) is 11.1 Å². The Morgan fingerprint density at radius 1 is 1.13 bits per heavy atom. The highest BCUT2D eigenvalue weighted by molar-refractivity contribution is 6.31. The zero-order valence-corrected chi connectivity index (χ0v) is 17.1.